The third-order valence-corrected chi connectivity index (χ3v) is 9.31. The maximum Gasteiger partial charge on any atom is 0.200 e. The van der Waals surface area contributed by atoms with Gasteiger partial charge in [-0.25, -0.2) is 0 Å². The van der Waals surface area contributed by atoms with Crippen LogP contribution in [0.2, 0.25) is 0 Å². The van der Waals surface area contributed by atoms with E-state index in [1.807, 2.05) is 54.6 Å². The molecule has 1 fully saturated rings. The van der Waals surface area contributed by atoms with Crippen molar-refractivity contribution >= 4 is 16.9 Å². The Balaban J connectivity index is 1.48. The van der Waals surface area contributed by atoms with Gasteiger partial charge in [-0.3, -0.25) is 4.79 Å². The molecule has 206 valence electrons. The van der Waals surface area contributed by atoms with Gasteiger partial charge in [0.25, 0.3) is 0 Å². The zero-order valence-electron chi connectivity index (χ0n) is 23.6. The lowest BCUT2D eigenvalue weighted by molar-refractivity contribution is -0.152. The number of fused-ring (bicyclic) bond motifs is 5. The number of Topliss-reactive ketones (excluding diaryl/α,β-unsaturated/α-hetero) is 1. The molecule has 1 saturated heterocycles. The van der Waals surface area contributed by atoms with E-state index in [-0.39, 0.29) is 17.6 Å². The normalized spacial score (nSPS) is 25.3. The third kappa shape index (κ3) is 3.80. The van der Waals surface area contributed by atoms with E-state index in [1.54, 1.807) is 0 Å². The zero-order chi connectivity index (χ0) is 28.9. The molecule has 5 aromatic carbocycles. The molecule has 0 radical (unpaired) electrons. The third-order valence-electron chi connectivity index (χ3n) is 9.31. The van der Waals surface area contributed by atoms with Crippen LogP contribution in [0, 0.1) is 11.8 Å². The lowest BCUT2D eigenvalue weighted by atomic mass is 9.70. The number of benzene rings is 5. The molecule has 0 amide bonds. The summed E-state index contributed by atoms with van der Waals surface area (Å²) in [6.07, 6.45) is 6.63. The average molecular weight is 555 g/mol. The molecule has 5 aromatic rings. The van der Waals surface area contributed by atoms with Crippen molar-refractivity contribution in [2.45, 2.75) is 11.2 Å². The minimum absolute atomic E-state index is 0.0100. The van der Waals surface area contributed by atoms with Gasteiger partial charge < -0.3 is 4.74 Å². The van der Waals surface area contributed by atoms with Crippen LogP contribution in [0.5, 0.6) is 0 Å². The summed E-state index contributed by atoms with van der Waals surface area (Å²) < 4.78 is 7.42. The van der Waals surface area contributed by atoms with Crippen molar-refractivity contribution in [1.82, 2.24) is 0 Å². The SMILES string of the molecule is O=C1C(c2ccccc2)=C[C@@]2(c3ccccc3)O[C@]1(c1ccccc1)[C@H]1C=CC(=C(c3ccccc3)c3ccccc3)[C@H]12. The van der Waals surface area contributed by atoms with Crippen LogP contribution in [0.15, 0.2) is 175 Å². The Bertz CT molecular complexity index is 1850. The van der Waals surface area contributed by atoms with Gasteiger partial charge in [0.15, 0.2) is 11.4 Å². The fraction of sp³-hybridized carbons (Fsp3) is 0.0976. The van der Waals surface area contributed by atoms with Crippen LogP contribution < -0.4 is 0 Å². The van der Waals surface area contributed by atoms with E-state index in [9.17, 15) is 4.79 Å². The van der Waals surface area contributed by atoms with E-state index in [0.717, 1.165) is 27.8 Å². The summed E-state index contributed by atoms with van der Waals surface area (Å²) in [6.45, 7) is 0. The average Bonchev–Trinajstić information content (AvgIpc) is 3.63. The van der Waals surface area contributed by atoms with E-state index in [2.05, 4.69) is 115 Å². The molecule has 0 saturated carbocycles. The first-order valence-electron chi connectivity index (χ1n) is 14.9. The molecule has 2 bridgehead atoms. The van der Waals surface area contributed by atoms with Crippen LogP contribution >= 0.6 is 0 Å². The lowest BCUT2D eigenvalue weighted by Gasteiger charge is -2.40. The second-order valence-corrected chi connectivity index (χ2v) is 11.5. The summed E-state index contributed by atoms with van der Waals surface area (Å²) in [4.78, 5) is 15.0. The van der Waals surface area contributed by atoms with E-state index in [0.29, 0.717) is 5.57 Å². The monoisotopic (exact) mass is 554 g/mol. The summed E-state index contributed by atoms with van der Waals surface area (Å²) in [5, 5.41) is 0. The van der Waals surface area contributed by atoms with Crippen LogP contribution in [0.25, 0.3) is 11.1 Å². The van der Waals surface area contributed by atoms with Crippen molar-refractivity contribution in [3.8, 4) is 0 Å². The first kappa shape index (κ1) is 25.6. The Morgan fingerprint density at radius 1 is 0.581 bits per heavy atom. The number of ether oxygens (including phenoxy) is 1. The summed E-state index contributed by atoms with van der Waals surface area (Å²) in [6, 6.07) is 51.8. The molecule has 2 nitrogen and oxygen atoms in total. The van der Waals surface area contributed by atoms with Crippen LogP contribution in [0.4, 0.5) is 0 Å². The maximum absolute atomic E-state index is 15.0. The number of carbonyl (C=O) groups is 1. The predicted octanol–water partition coefficient (Wildman–Crippen LogP) is 8.78. The van der Waals surface area contributed by atoms with Crippen LogP contribution in [-0.4, -0.2) is 5.78 Å². The highest BCUT2D eigenvalue weighted by Gasteiger charge is 2.70. The first-order valence-corrected chi connectivity index (χ1v) is 14.9. The number of carbonyl (C=O) groups excluding carboxylic acids is 1. The van der Waals surface area contributed by atoms with Gasteiger partial charge in [0.1, 0.15) is 5.60 Å². The van der Waals surface area contributed by atoms with Crippen molar-refractivity contribution in [3.05, 3.63) is 203 Å². The largest absolute Gasteiger partial charge is 0.345 e. The molecule has 4 atom stereocenters. The maximum atomic E-state index is 15.0. The summed E-state index contributed by atoms with van der Waals surface area (Å²) in [5.74, 6) is -0.344. The van der Waals surface area contributed by atoms with Crippen LogP contribution in [-0.2, 0) is 20.7 Å². The van der Waals surface area contributed by atoms with E-state index >= 15 is 0 Å². The molecule has 1 aliphatic carbocycles. The van der Waals surface area contributed by atoms with Gasteiger partial charge in [0, 0.05) is 17.4 Å². The summed E-state index contributed by atoms with van der Waals surface area (Å²) >= 11 is 0. The highest BCUT2D eigenvalue weighted by molar-refractivity contribution is 6.26. The lowest BCUT2D eigenvalue weighted by Crippen LogP contribution is -2.45. The van der Waals surface area contributed by atoms with E-state index < -0.39 is 11.2 Å². The van der Waals surface area contributed by atoms with Crippen molar-refractivity contribution in [2.24, 2.45) is 11.8 Å². The topological polar surface area (TPSA) is 26.3 Å². The highest BCUT2D eigenvalue weighted by Crippen LogP contribution is 2.67. The molecule has 0 spiro atoms. The Morgan fingerprint density at radius 2 is 1.07 bits per heavy atom. The molecule has 43 heavy (non-hydrogen) atoms. The van der Waals surface area contributed by atoms with Crippen molar-refractivity contribution in [1.29, 1.82) is 0 Å². The second-order valence-electron chi connectivity index (χ2n) is 11.5. The molecule has 3 aliphatic rings. The number of ketones is 1. The quantitative estimate of drug-likeness (QED) is 0.217. The smallest absolute Gasteiger partial charge is 0.200 e. The number of allylic oxidation sites excluding steroid dienone is 1. The van der Waals surface area contributed by atoms with Crippen molar-refractivity contribution in [3.63, 3.8) is 0 Å². The predicted molar refractivity (Wildman–Crippen MR) is 172 cm³/mol. The van der Waals surface area contributed by atoms with Crippen LogP contribution in [0.1, 0.15) is 27.8 Å². The van der Waals surface area contributed by atoms with Gasteiger partial charge in [-0.05, 0) is 45.0 Å². The molecule has 2 aliphatic heterocycles. The van der Waals surface area contributed by atoms with Gasteiger partial charge in [0.05, 0.1) is 0 Å². The first-order chi connectivity index (χ1) is 21.2. The fourth-order valence-electron chi connectivity index (χ4n) is 7.55. The molecular weight excluding hydrogens is 524 g/mol. The van der Waals surface area contributed by atoms with Gasteiger partial charge in [-0.15, -0.1) is 0 Å². The highest BCUT2D eigenvalue weighted by atomic mass is 16.5. The number of rotatable bonds is 5. The molecule has 8 rings (SSSR count). The van der Waals surface area contributed by atoms with Gasteiger partial charge in [-0.1, -0.05) is 164 Å². The Kier molecular flexibility index (Phi) is 5.99. The standard InChI is InChI=1S/C41H30O2/c42-39-35(29-16-6-1-7-17-29)28-40(32-22-12-4-13-23-32)38-34(26-27-36(38)41(39,43-40)33-24-14-5-15-25-33)37(30-18-8-2-9-19-30)31-20-10-3-11-21-31/h1-28,36,38H/t36-,38+,40-,41+/m0/s1. The molecule has 2 heteroatoms. The molecule has 0 unspecified atom stereocenters. The van der Waals surface area contributed by atoms with Crippen molar-refractivity contribution in [2.75, 3.05) is 0 Å². The van der Waals surface area contributed by atoms with Gasteiger partial charge >= 0.3 is 0 Å². The minimum atomic E-state index is -1.18. The molecule has 0 N–H and O–H groups in total. The van der Waals surface area contributed by atoms with Gasteiger partial charge in [0.2, 0.25) is 0 Å². The Hall–Kier alpha value is -5.05. The molecule has 2 heterocycles. The van der Waals surface area contributed by atoms with Crippen LogP contribution in [0.3, 0.4) is 0 Å². The Labute approximate surface area is 252 Å². The summed E-state index contributed by atoms with van der Waals surface area (Å²) in [7, 11) is 0. The molecular formula is C41H30O2. The minimum Gasteiger partial charge on any atom is -0.345 e. The number of hydrogen-bond donors (Lipinski definition) is 0. The summed E-state index contributed by atoms with van der Waals surface area (Å²) in [5.41, 5.74) is 6.14. The molecule has 0 aromatic heterocycles. The second kappa shape index (κ2) is 10.0. The van der Waals surface area contributed by atoms with Crippen molar-refractivity contribution < 1.29 is 9.53 Å². The number of hydrogen-bond acceptors (Lipinski definition) is 2. The van der Waals surface area contributed by atoms with E-state index in [4.69, 9.17) is 4.74 Å². The fourth-order valence-corrected chi connectivity index (χ4v) is 7.55. The van der Waals surface area contributed by atoms with Gasteiger partial charge in [-0.2, -0.15) is 0 Å². The van der Waals surface area contributed by atoms with E-state index in [1.165, 1.54) is 11.1 Å². The Morgan fingerprint density at radius 3 is 1.63 bits per heavy atom. The zero-order valence-corrected chi connectivity index (χ0v) is 23.6.